The summed E-state index contributed by atoms with van der Waals surface area (Å²) in [5.41, 5.74) is 6.16. The molecule has 0 atom stereocenters. The van der Waals surface area contributed by atoms with Gasteiger partial charge in [-0.25, -0.2) is 4.98 Å². The third-order valence-corrected chi connectivity index (χ3v) is 2.99. The van der Waals surface area contributed by atoms with Gasteiger partial charge in [-0.1, -0.05) is 27.5 Å². The maximum absolute atomic E-state index is 11.7. The zero-order chi connectivity index (χ0) is 14.5. The van der Waals surface area contributed by atoms with Crippen LogP contribution in [0, 0.1) is 0 Å². The van der Waals surface area contributed by atoms with Crippen LogP contribution in [0.5, 0.6) is 0 Å². The van der Waals surface area contributed by atoms with E-state index in [1.807, 2.05) is 12.1 Å². The Morgan fingerprint density at radius 1 is 1.30 bits per heavy atom. The molecule has 0 radical (unpaired) electrons. The first-order valence-corrected chi connectivity index (χ1v) is 6.79. The minimum absolute atomic E-state index is 0.0445. The first-order chi connectivity index (χ1) is 9.52. The lowest BCUT2D eigenvalue weighted by Gasteiger charge is -2.07. The molecule has 20 heavy (non-hydrogen) atoms. The van der Waals surface area contributed by atoms with Crippen molar-refractivity contribution < 1.29 is 4.79 Å². The molecule has 1 heterocycles. The van der Waals surface area contributed by atoms with E-state index in [0.717, 1.165) is 4.47 Å². The molecule has 104 valence electrons. The van der Waals surface area contributed by atoms with Crippen LogP contribution in [0.2, 0.25) is 5.15 Å². The van der Waals surface area contributed by atoms with Crippen molar-refractivity contribution in [3.63, 3.8) is 0 Å². The number of amides is 1. The molecule has 0 fully saturated rings. The molecule has 0 bridgehead atoms. The smallest absolute Gasteiger partial charge is 0.243 e. The average Bonchev–Trinajstić information content (AvgIpc) is 2.38. The number of halogens is 2. The molecule has 0 spiro atoms. The fourth-order valence-corrected chi connectivity index (χ4v) is 1.89. The second-order valence-electron chi connectivity index (χ2n) is 3.84. The minimum Gasteiger partial charge on any atom is -0.368 e. The van der Waals surface area contributed by atoms with E-state index in [1.165, 1.54) is 6.07 Å². The Labute approximate surface area is 128 Å². The Kier molecular flexibility index (Phi) is 4.75. The van der Waals surface area contributed by atoms with E-state index in [4.69, 9.17) is 17.3 Å². The summed E-state index contributed by atoms with van der Waals surface area (Å²) in [6.07, 6.45) is 0. The Bertz CT molecular complexity index is 599. The molecule has 0 saturated carbocycles. The molecule has 0 aliphatic carbocycles. The number of benzene rings is 1. The predicted molar refractivity (Wildman–Crippen MR) is 82.7 cm³/mol. The lowest BCUT2D eigenvalue weighted by atomic mass is 10.3. The van der Waals surface area contributed by atoms with Crippen LogP contribution < -0.4 is 16.4 Å². The average molecular weight is 357 g/mol. The van der Waals surface area contributed by atoms with E-state index in [1.54, 1.807) is 12.1 Å². The van der Waals surface area contributed by atoms with Gasteiger partial charge in [-0.3, -0.25) is 4.79 Å². The third-order valence-electron chi connectivity index (χ3n) is 2.27. The van der Waals surface area contributed by atoms with Crippen LogP contribution in [-0.2, 0) is 4.79 Å². The first kappa shape index (κ1) is 14.5. The standard InChI is InChI=1S/C12H11BrClN5O/c13-7-1-3-8(4-2-7)17-11(20)6-16-10-5-9(14)18-12(15)19-10/h1-5H,6H2,(H,17,20)(H3,15,16,18,19). The van der Waals surface area contributed by atoms with Gasteiger partial charge in [-0.05, 0) is 24.3 Å². The summed E-state index contributed by atoms with van der Waals surface area (Å²) in [6, 6.07) is 8.76. The molecule has 1 aromatic carbocycles. The van der Waals surface area contributed by atoms with Crippen molar-refractivity contribution in [2.75, 3.05) is 22.9 Å². The van der Waals surface area contributed by atoms with Crippen LogP contribution in [0.3, 0.4) is 0 Å². The molecular weight excluding hydrogens is 346 g/mol. The van der Waals surface area contributed by atoms with E-state index < -0.39 is 0 Å². The molecule has 6 nitrogen and oxygen atoms in total. The highest BCUT2D eigenvalue weighted by Gasteiger charge is 2.04. The molecule has 8 heteroatoms. The number of nitrogen functional groups attached to an aromatic ring is 1. The molecule has 0 saturated heterocycles. The van der Waals surface area contributed by atoms with Crippen LogP contribution in [0.15, 0.2) is 34.8 Å². The Hall–Kier alpha value is -1.86. The number of hydrogen-bond acceptors (Lipinski definition) is 5. The highest BCUT2D eigenvalue weighted by Crippen LogP contribution is 2.14. The Balaban J connectivity index is 1.90. The van der Waals surface area contributed by atoms with Gasteiger partial charge in [0.2, 0.25) is 11.9 Å². The highest BCUT2D eigenvalue weighted by atomic mass is 79.9. The van der Waals surface area contributed by atoms with Gasteiger partial charge in [-0.15, -0.1) is 0 Å². The van der Waals surface area contributed by atoms with Crippen LogP contribution in [0.25, 0.3) is 0 Å². The van der Waals surface area contributed by atoms with Gasteiger partial charge in [0, 0.05) is 16.2 Å². The number of aromatic nitrogens is 2. The summed E-state index contributed by atoms with van der Waals surface area (Å²) in [5, 5.41) is 5.78. The van der Waals surface area contributed by atoms with Gasteiger partial charge in [0.05, 0.1) is 6.54 Å². The summed E-state index contributed by atoms with van der Waals surface area (Å²) in [7, 11) is 0. The second-order valence-corrected chi connectivity index (χ2v) is 5.15. The summed E-state index contributed by atoms with van der Waals surface area (Å²) in [6.45, 7) is 0.0445. The highest BCUT2D eigenvalue weighted by molar-refractivity contribution is 9.10. The number of nitrogens with one attached hydrogen (secondary N) is 2. The number of carbonyl (C=O) groups is 1. The van der Waals surface area contributed by atoms with E-state index in [2.05, 4.69) is 36.5 Å². The van der Waals surface area contributed by atoms with Crippen molar-refractivity contribution in [1.29, 1.82) is 0 Å². The van der Waals surface area contributed by atoms with Gasteiger partial charge < -0.3 is 16.4 Å². The number of carbonyl (C=O) groups excluding carboxylic acids is 1. The lowest BCUT2D eigenvalue weighted by Crippen LogP contribution is -2.22. The van der Waals surface area contributed by atoms with Gasteiger partial charge in [0.15, 0.2) is 0 Å². The topological polar surface area (TPSA) is 92.9 Å². The Morgan fingerprint density at radius 3 is 2.65 bits per heavy atom. The number of anilines is 3. The first-order valence-electron chi connectivity index (χ1n) is 5.62. The van der Waals surface area contributed by atoms with Crippen LogP contribution in [0.1, 0.15) is 0 Å². The van der Waals surface area contributed by atoms with Gasteiger partial charge in [0.25, 0.3) is 0 Å². The van der Waals surface area contributed by atoms with E-state index in [0.29, 0.717) is 11.5 Å². The largest absolute Gasteiger partial charge is 0.368 e. The van der Waals surface area contributed by atoms with Crippen molar-refractivity contribution in [3.8, 4) is 0 Å². The minimum atomic E-state index is -0.208. The fraction of sp³-hybridized carbons (Fsp3) is 0.0833. The van der Waals surface area contributed by atoms with E-state index >= 15 is 0 Å². The zero-order valence-corrected chi connectivity index (χ0v) is 12.6. The summed E-state index contributed by atoms with van der Waals surface area (Å²) in [5.74, 6) is 0.238. The monoisotopic (exact) mass is 355 g/mol. The number of hydrogen-bond donors (Lipinski definition) is 3. The van der Waals surface area contributed by atoms with Crippen LogP contribution in [0.4, 0.5) is 17.5 Å². The van der Waals surface area contributed by atoms with Crippen LogP contribution >= 0.6 is 27.5 Å². The Morgan fingerprint density at radius 2 is 2.00 bits per heavy atom. The maximum atomic E-state index is 11.7. The third kappa shape index (κ3) is 4.36. The van der Waals surface area contributed by atoms with Crippen molar-refractivity contribution in [2.45, 2.75) is 0 Å². The van der Waals surface area contributed by atoms with E-state index in [9.17, 15) is 4.79 Å². The molecule has 0 aliphatic rings. The van der Waals surface area contributed by atoms with E-state index in [-0.39, 0.29) is 23.6 Å². The molecular formula is C12H11BrClN5O. The van der Waals surface area contributed by atoms with Crippen molar-refractivity contribution in [1.82, 2.24) is 9.97 Å². The molecule has 4 N–H and O–H groups in total. The maximum Gasteiger partial charge on any atom is 0.243 e. The quantitative estimate of drug-likeness (QED) is 0.732. The molecule has 2 aromatic rings. The zero-order valence-electron chi connectivity index (χ0n) is 10.2. The second kappa shape index (κ2) is 6.53. The lowest BCUT2D eigenvalue weighted by molar-refractivity contribution is -0.114. The molecule has 0 unspecified atom stereocenters. The molecule has 2 rings (SSSR count). The molecule has 1 aromatic heterocycles. The van der Waals surface area contributed by atoms with Crippen molar-refractivity contribution in [3.05, 3.63) is 40.0 Å². The molecule has 1 amide bonds. The van der Waals surface area contributed by atoms with Crippen molar-refractivity contribution in [2.24, 2.45) is 0 Å². The van der Waals surface area contributed by atoms with Gasteiger partial charge >= 0.3 is 0 Å². The van der Waals surface area contributed by atoms with Gasteiger partial charge in [-0.2, -0.15) is 4.98 Å². The SMILES string of the molecule is Nc1nc(Cl)cc(NCC(=O)Nc2ccc(Br)cc2)n1. The summed E-state index contributed by atoms with van der Waals surface area (Å²) >= 11 is 9.06. The number of nitrogens with zero attached hydrogens (tertiary/aromatic N) is 2. The predicted octanol–water partition coefficient (Wildman–Crippen LogP) is 2.53. The van der Waals surface area contributed by atoms with Gasteiger partial charge in [0.1, 0.15) is 11.0 Å². The van der Waals surface area contributed by atoms with Crippen molar-refractivity contribution >= 4 is 50.9 Å². The normalized spacial score (nSPS) is 10.1. The molecule has 0 aliphatic heterocycles. The number of nitrogens with two attached hydrogens (primary N) is 1. The fourth-order valence-electron chi connectivity index (χ4n) is 1.44. The summed E-state index contributed by atoms with van der Waals surface area (Å²) < 4.78 is 0.944. The number of rotatable bonds is 4. The van der Waals surface area contributed by atoms with Crippen LogP contribution in [-0.4, -0.2) is 22.4 Å². The summed E-state index contributed by atoms with van der Waals surface area (Å²) in [4.78, 5) is 19.4.